The fourth-order valence-electron chi connectivity index (χ4n) is 2.26. The molecule has 1 N–H and O–H groups in total. The molecule has 2 heterocycles. The molecule has 0 saturated carbocycles. The van der Waals surface area contributed by atoms with Crippen LogP contribution in [0.3, 0.4) is 0 Å². The van der Waals surface area contributed by atoms with Crippen molar-refractivity contribution in [1.82, 2.24) is 24.5 Å². The highest BCUT2D eigenvalue weighted by Gasteiger charge is 2.17. The van der Waals surface area contributed by atoms with E-state index in [-0.39, 0.29) is 11.9 Å². The molecule has 3 rings (SSSR count). The number of aryl methyl sites for hydroxylation is 1. The number of benzene rings is 1. The summed E-state index contributed by atoms with van der Waals surface area (Å²) < 4.78 is 3.15. The molecule has 7 nitrogen and oxygen atoms in total. The van der Waals surface area contributed by atoms with E-state index < -0.39 is 6.04 Å². The Bertz CT molecular complexity index is 883. The smallest absolute Gasteiger partial charge is 0.251 e. The number of rotatable bonds is 5. The molecular formula is C16H16Cl2N6O. The van der Waals surface area contributed by atoms with Crippen LogP contribution in [0.2, 0.25) is 10.0 Å². The minimum absolute atomic E-state index is 0.212. The summed E-state index contributed by atoms with van der Waals surface area (Å²) in [6.07, 6.45) is 3.27. The Morgan fingerprint density at radius 1 is 1.24 bits per heavy atom. The van der Waals surface area contributed by atoms with Crippen LogP contribution < -0.4 is 5.32 Å². The zero-order valence-corrected chi connectivity index (χ0v) is 15.2. The first kappa shape index (κ1) is 17.4. The summed E-state index contributed by atoms with van der Waals surface area (Å²) in [5.74, 6) is -0.0412. The number of hydrogen-bond donors (Lipinski definition) is 1. The van der Waals surface area contributed by atoms with Gasteiger partial charge in [0.15, 0.2) is 0 Å². The number of amides is 1. The van der Waals surface area contributed by atoms with Gasteiger partial charge >= 0.3 is 0 Å². The number of carbonyl (C=O) groups excluding carboxylic acids is 1. The maximum Gasteiger partial charge on any atom is 0.251 e. The molecule has 1 unspecified atom stereocenters. The van der Waals surface area contributed by atoms with Gasteiger partial charge in [-0.15, -0.1) is 5.10 Å². The first-order valence-corrected chi connectivity index (χ1v) is 8.34. The molecule has 9 heteroatoms. The van der Waals surface area contributed by atoms with Crippen LogP contribution in [-0.4, -0.2) is 30.5 Å². The summed E-state index contributed by atoms with van der Waals surface area (Å²) in [5.41, 5.74) is 1.59. The van der Waals surface area contributed by atoms with Crippen LogP contribution in [0.25, 0.3) is 0 Å². The van der Waals surface area contributed by atoms with Crippen molar-refractivity contribution in [2.24, 2.45) is 0 Å². The van der Waals surface area contributed by atoms with E-state index in [0.717, 1.165) is 11.3 Å². The molecule has 2 aromatic heterocycles. The number of anilines is 1. The van der Waals surface area contributed by atoms with E-state index in [0.29, 0.717) is 16.6 Å². The van der Waals surface area contributed by atoms with Crippen molar-refractivity contribution in [2.75, 3.05) is 5.32 Å². The predicted octanol–water partition coefficient (Wildman–Crippen LogP) is 3.34. The number of halogens is 2. The van der Waals surface area contributed by atoms with Gasteiger partial charge in [-0.3, -0.25) is 14.8 Å². The van der Waals surface area contributed by atoms with Gasteiger partial charge in [0.1, 0.15) is 12.4 Å². The van der Waals surface area contributed by atoms with Crippen molar-refractivity contribution < 1.29 is 4.79 Å². The molecule has 3 aromatic rings. The molecule has 1 amide bonds. The lowest BCUT2D eigenvalue weighted by atomic mass is 10.2. The SMILES string of the molecule is Cc1ccn(C(C)C(=O)Nc2ncn(Cc3c(Cl)cccc3Cl)n2)n1. The van der Waals surface area contributed by atoms with Crippen molar-refractivity contribution >= 4 is 35.1 Å². The Balaban J connectivity index is 1.68. The molecule has 0 aliphatic heterocycles. The predicted molar refractivity (Wildman–Crippen MR) is 95.9 cm³/mol. The van der Waals surface area contributed by atoms with Gasteiger partial charge in [0, 0.05) is 21.8 Å². The van der Waals surface area contributed by atoms with Crippen molar-refractivity contribution in [2.45, 2.75) is 26.4 Å². The Kier molecular flexibility index (Phi) is 5.06. The van der Waals surface area contributed by atoms with Crippen molar-refractivity contribution in [3.8, 4) is 0 Å². The lowest BCUT2D eigenvalue weighted by Crippen LogP contribution is -2.24. The second-order valence-corrected chi connectivity index (χ2v) is 6.38. The third-order valence-electron chi connectivity index (χ3n) is 3.67. The molecule has 0 saturated heterocycles. The number of nitrogens with one attached hydrogen (secondary N) is 1. The van der Waals surface area contributed by atoms with Crippen LogP contribution in [0.4, 0.5) is 5.95 Å². The van der Waals surface area contributed by atoms with Gasteiger partial charge in [-0.2, -0.15) is 5.10 Å². The molecule has 0 radical (unpaired) electrons. The summed E-state index contributed by atoms with van der Waals surface area (Å²) in [6.45, 7) is 3.97. The number of aromatic nitrogens is 5. The summed E-state index contributed by atoms with van der Waals surface area (Å²) in [4.78, 5) is 16.4. The zero-order chi connectivity index (χ0) is 18.0. The topological polar surface area (TPSA) is 77.6 Å². The van der Waals surface area contributed by atoms with Crippen LogP contribution in [0.15, 0.2) is 36.8 Å². The largest absolute Gasteiger partial charge is 0.291 e. The van der Waals surface area contributed by atoms with Gasteiger partial charge in [0.25, 0.3) is 5.91 Å². The van der Waals surface area contributed by atoms with E-state index >= 15 is 0 Å². The Hall–Kier alpha value is -2.38. The monoisotopic (exact) mass is 378 g/mol. The van der Waals surface area contributed by atoms with Crippen molar-refractivity contribution in [1.29, 1.82) is 0 Å². The zero-order valence-electron chi connectivity index (χ0n) is 13.6. The Labute approximate surface area is 154 Å². The Morgan fingerprint density at radius 3 is 2.60 bits per heavy atom. The van der Waals surface area contributed by atoms with Crippen molar-refractivity contribution in [3.05, 3.63) is 58.1 Å². The van der Waals surface area contributed by atoms with Gasteiger partial charge in [-0.05, 0) is 32.0 Å². The highest BCUT2D eigenvalue weighted by Crippen LogP contribution is 2.24. The highest BCUT2D eigenvalue weighted by molar-refractivity contribution is 6.35. The molecule has 0 aliphatic carbocycles. The lowest BCUT2D eigenvalue weighted by molar-refractivity contribution is -0.119. The third kappa shape index (κ3) is 4.00. The highest BCUT2D eigenvalue weighted by atomic mass is 35.5. The first-order valence-electron chi connectivity index (χ1n) is 7.59. The molecule has 0 spiro atoms. The van der Waals surface area contributed by atoms with Gasteiger partial charge in [-0.1, -0.05) is 29.3 Å². The van der Waals surface area contributed by atoms with Crippen LogP contribution in [0, 0.1) is 6.92 Å². The van der Waals surface area contributed by atoms with Gasteiger partial charge in [0.05, 0.1) is 12.2 Å². The number of nitrogens with zero attached hydrogens (tertiary/aromatic N) is 5. The fourth-order valence-corrected chi connectivity index (χ4v) is 2.77. The van der Waals surface area contributed by atoms with Crippen LogP contribution >= 0.6 is 23.2 Å². The number of hydrogen-bond acceptors (Lipinski definition) is 4. The second-order valence-electron chi connectivity index (χ2n) is 5.57. The maximum absolute atomic E-state index is 12.3. The second kappa shape index (κ2) is 7.25. The fraction of sp³-hybridized carbons (Fsp3) is 0.250. The molecule has 0 bridgehead atoms. The molecule has 0 fully saturated rings. The van der Waals surface area contributed by atoms with Gasteiger partial charge in [0.2, 0.25) is 5.95 Å². The van der Waals surface area contributed by atoms with Crippen molar-refractivity contribution in [3.63, 3.8) is 0 Å². The quantitative estimate of drug-likeness (QED) is 0.738. The van der Waals surface area contributed by atoms with Gasteiger partial charge < -0.3 is 0 Å². The van der Waals surface area contributed by atoms with E-state index in [1.165, 1.54) is 6.33 Å². The summed E-state index contributed by atoms with van der Waals surface area (Å²) in [7, 11) is 0. The molecule has 25 heavy (non-hydrogen) atoms. The molecule has 0 aliphatic rings. The maximum atomic E-state index is 12.3. The van der Waals surface area contributed by atoms with Crippen LogP contribution in [0.5, 0.6) is 0 Å². The van der Waals surface area contributed by atoms with Crippen LogP contribution in [0.1, 0.15) is 24.2 Å². The average molecular weight is 379 g/mol. The van der Waals surface area contributed by atoms with Gasteiger partial charge in [-0.25, -0.2) is 9.67 Å². The third-order valence-corrected chi connectivity index (χ3v) is 4.38. The van der Waals surface area contributed by atoms with E-state index in [1.807, 2.05) is 13.0 Å². The molecule has 1 aromatic carbocycles. The summed E-state index contributed by atoms with van der Waals surface area (Å²) >= 11 is 12.3. The molecular weight excluding hydrogens is 363 g/mol. The summed E-state index contributed by atoms with van der Waals surface area (Å²) in [5, 5.41) is 12.3. The first-order chi connectivity index (χ1) is 11.9. The number of carbonyl (C=O) groups is 1. The standard InChI is InChI=1S/C16H16Cl2N6O/c1-10-6-7-24(21-10)11(2)15(25)20-16-19-9-23(22-16)8-12-13(17)4-3-5-14(12)18/h3-7,9,11H,8H2,1-2H3,(H,20,22,25). The lowest BCUT2D eigenvalue weighted by Gasteiger charge is -2.10. The molecule has 130 valence electrons. The van der Waals surface area contributed by atoms with E-state index in [1.54, 1.807) is 40.7 Å². The van der Waals surface area contributed by atoms with E-state index in [4.69, 9.17) is 23.2 Å². The minimum atomic E-state index is -0.473. The average Bonchev–Trinajstić information content (AvgIpc) is 3.19. The normalized spacial score (nSPS) is 12.2. The van der Waals surface area contributed by atoms with Crippen LogP contribution in [-0.2, 0) is 11.3 Å². The van der Waals surface area contributed by atoms with E-state index in [9.17, 15) is 4.79 Å². The van der Waals surface area contributed by atoms with E-state index in [2.05, 4.69) is 20.5 Å². The minimum Gasteiger partial charge on any atom is -0.291 e. The Morgan fingerprint density at radius 2 is 1.96 bits per heavy atom. The molecule has 1 atom stereocenters. The summed E-state index contributed by atoms with van der Waals surface area (Å²) in [6, 6.07) is 6.66.